The van der Waals surface area contributed by atoms with Gasteiger partial charge < -0.3 is 10.6 Å². The van der Waals surface area contributed by atoms with Crippen LogP contribution in [0.15, 0.2) is 29.6 Å². The van der Waals surface area contributed by atoms with E-state index in [0.717, 1.165) is 16.8 Å². The Morgan fingerprint density at radius 3 is 2.52 bits per heavy atom. The molecular weight excluding hydrogens is 310 g/mol. The van der Waals surface area contributed by atoms with Crippen LogP contribution in [0.1, 0.15) is 26.3 Å². The highest BCUT2D eigenvalue weighted by molar-refractivity contribution is 7.14. The van der Waals surface area contributed by atoms with E-state index in [1.807, 2.05) is 50.4 Å². The molecule has 0 aliphatic rings. The molecule has 1 aromatic heterocycles. The van der Waals surface area contributed by atoms with Gasteiger partial charge in [0.1, 0.15) is 6.04 Å². The van der Waals surface area contributed by atoms with Crippen molar-refractivity contribution in [2.24, 2.45) is 5.92 Å². The van der Waals surface area contributed by atoms with Gasteiger partial charge in [0.25, 0.3) is 0 Å². The first-order valence-electron chi connectivity index (χ1n) is 7.48. The maximum absolute atomic E-state index is 12.3. The van der Waals surface area contributed by atoms with Crippen LogP contribution in [-0.4, -0.2) is 22.8 Å². The van der Waals surface area contributed by atoms with Gasteiger partial charge in [-0.25, -0.2) is 4.98 Å². The van der Waals surface area contributed by atoms with E-state index in [1.165, 1.54) is 18.3 Å². The van der Waals surface area contributed by atoms with Crippen molar-refractivity contribution in [1.29, 1.82) is 0 Å². The number of anilines is 1. The molecule has 2 N–H and O–H groups in total. The predicted octanol–water partition coefficient (Wildman–Crippen LogP) is 3.22. The van der Waals surface area contributed by atoms with E-state index in [-0.39, 0.29) is 17.7 Å². The molecule has 0 bridgehead atoms. The first-order valence-corrected chi connectivity index (χ1v) is 8.36. The summed E-state index contributed by atoms with van der Waals surface area (Å²) in [5, 5.41) is 7.91. The molecule has 0 aliphatic heterocycles. The Kier molecular flexibility index (Phi) is 5.50. The fourth-order valence-corrected chi connectivity index (χ4v) is 2.97. The summed E-state index contributed by atoms with van der Waals surface area (Å²) in [4.78, 5) is 28.1. The van der Waals surface area contributed by atoms with Crippen LogP contribution >= 0.6 is 11.3 Å². The number of hydrogen-bond acceptors (Lipinski definition) is 4. The van der Waals surface area contributed by atoms with E-state index in [4.69, 9.17) is 0 Å². The first kappa shape index (κ1) is 17.1. The highest BCUT2D eigenvalue weighted by Gasteiger charge is 2.23. The summed E-state index contributed by atoms with van der Waals surface area (Å²) in [5.74, 6) is -0.478. The van der Waals surface area contributed by atoms with E-state index in [0.29, 0.717) is 5.13 Å². The highest BCUT2D eigenvalue weighted by atomic mass is 32.1. The fourth-order valence-electron chi connectivity index (χ4n) is 2.25. The Morgan fingerprint density at radius 2 is 1.91 bits per heavy atom. The van der Waals surface area contributed by atoms with Gasteiger partial charge in [0.05, 0.1) is 5.69 Å². The summed E-state index contributed by atoms with van der Waals surface area (Å²) in [5.41, 5.74) is 3.02. The van der Waals surface area contributed by atoms with Crippen molar-refractivity contribution in [2.45, 2.75) is 33.7 Å². The Bertz CT molecular complexity index is 709. The molecule has 0 saturated heterocycles. The van der Waals surface area contributed by atoms with Crippen LogP contribution in [0.5, 0.6) is 0 Å². The van der Waals surface area contributed by atoms with Crippen LogP contribution in [-0.2, 0) is 9.59 Å². The van der Waals surface area contributed by atoms with Gasteiger partial charge in [-0.1, -0.05) is 38.1 Å². The topological polar surface area (TPSA) is 71.1 Å². The zero-order chi connectivity index (χ0) is 17.0. The van der Waals surface area contributed by atoms with Crippen LogP contribution in [0.2, 0.25) is 0 Å². The van der Waals surface area contributed by atoms with E-state index in [1.54, 1.807) is 0 Å². The fraction of sp³-hybridized carbons (Fsp3) is 0.353. The van der Waals surface area contributed by atoms with Crippen molar-refractivity contribution < 1.29 is 9.59 Å². The standard InChI is InChI=1S/C17H21N3O2S/c1-10(2)15(18-12(4)21)16(22)20-17-19-14(9-23-17)13-8-6-5-7-11(13)3/h5-10,15H,1-4H3,(H,18,21)(H,19,20,22). The van der Waals surface area contributed by atoms with Crippen LogP contribution < -0.4 is 10.6 Å². The van der Waals surface area contributed by atoms with Gasteiger partial charge in [-0.15, -0.1) is 11.3 Å². The Balaban J connectivity index is 2.13. The lowest BCUT2D eigenvalue weighted by Gasteiger charge is -2.20. The van der Waals surface area contributed by atoms with Gasteiger partial charge >= 0.3 is 0 Å². The van der Waals surface area contributed by atoms with Crippen LogP contribution in [0.3, 0.4) is 0 Å². The predicted molar refractivity (Wildman–Crippen MR) is 93.4 cm³/mol. The molecule has 5 nitrogen and oxygen atoms in total. The van der Waals surface area contributed by atoms with E-state index < -0.39 is 6.04 Å². The average molecular weight is 331 g/mol. The number of hydrogen-bond donors (Lipinski definition) is 2. The molecular formula is C17H21N3O2S. The van der Waals surface area contributed by atoms with Crippen molar-refractivity contribution in [1.82, 2.24) is 10.3 Å². The third-order valence-corrected chi connectivity index (χ3v) is 4.22. The van der Waals surface area contributed by atoms with Crippen molar-refractivity contribution >= 4 is 28.3 Å². The molecule has 0 saturated carbocycles. The maximum atomic E-state index is 12.3. The lowest BCUT2D eigenvalue weighted by atomic mass is 10.0. The normalized spacial score (nSPS) is 12.0. The minimum Gasteiger partial charge on any atom is -0.344 e. The molecule has 1 aromatic carbocycles. The quantitative estimate of drug-likeness (QED) is 0.884. The summed E-state index contributed by atoms with van der Waals surface area (Å²) in [6.45, 7) is 7.21. The molecule has 2 amide bonds. The lowest BCUT2D eigenvalue weighted by Crippen LogP contribution is -2.46. The molecule has 0 radical (unpaired) electrons. The number of carbonyl (C=O) groups excluding carboxylic acids is 2. The molecule has 1 atom stereocenters. The Hall–Kier alpha value is -2.21. The molecule has 23 heavy (non-hydrogen) atoms. The smallest absolute Gasteiger partial charge is 0.248 e. The molecule has 2 rings (SSSR count). The van der Waals surface area contributed by atoms with Gasteiger partial charge in [-0.05, 0) is 18.4 Å². The third-order valence-electron chi connectivity index (χ3n) is 3.46. The van der Waals surface area contributed by atoms with Crippen molar-refractivity contribution in [3.8, 4) is 11.3 Å². The summed E-state index contributed by atoms with van der Waals surface area (Å²) in [7, 11) is 0. The molecule has 1 heterocycles. The molecule has 0 aliphatic carbocycles. The van der Waals surface area contributed by atoms with Gasteiger partial charge in [0.2, 0.25) is 11.8 Å². The van der Waals surface area contributed by atoms with E-state index in [2.05, 4.69) is 15.6 Å². The molecule has 122 valence electrons. The number of aryl methyl sites for hydroxylation is 1. The second-order valence-corrected chi connectivity index (χ2v) is 6.62. The van der Waals surface area contributed by atoms with Gasteiger partial charge in [0.15, 0.2) is 5.13 Å². The zero-order valence-corrected chi connectivity index (χ0v) is 14.5. The number of benzene rings is 1. The zero-order valence-electron chi connectivity index (χ0n) is 13.7. The second-order valence-electron chi connectivity index (χ2n) is 5.76. The van der Waals surface area contributed by atoms with E-state index in [9.17, 15) is 9.59 Å². The number of nitrogens with one attached hydrogen (secondary N) is 2. The molecule has 0 fully saturated rings. The van der Waals surface area contributed by atoms with Crippen LogP contribution in [0.25, 0.3) is 11.3 Å². The second kappa shape index (κ2) is 7.37. The van der Waals surface area contributed by atoms with Crippen LogP contribution in [0, 0.1) is 12.8 Å². The summed E-state index contributed by atoms with van der Waals surface area (Å²) >= 11 is 1.37. The number of carbonyl (C=O) groups is 2. The molecule has 1 unspecified atom stereocenters. The molecule has 6 heteroatoms. The maximum Gasteiger partial charge on any atom is 0.248 e. The third kappa shape index (κ3) is 4.39. The minimum absolute atomic E-state index is 0.00491. The van der Waals surface area contributed by atoms with Gasteiger partial charge in [-0.3, -0.25) is 9.59 Å². The summed E-state index contributed by atoms with van der Waals surface area (Å²) < 4.78 is 0. The number of nitrogens with zero attached hydrogens (tertiary/aromatic N) is 1. The number of amides is 2. The summed E-state index contributed by atoms with van der Waals surface area (Å²) in [6.07, 6.45) is 0. The Morgan fingerprint density at radius 1 is 1.22 bits per heavy atom. The molecule has 2 aromatic rings. The Labute approximate surface area is 140 Å². The largest absolute Gasteiger partial charge is 0.344 e. The number of thiazole rings is 1. The van der Waals surface area contributed by atoms with Crippen molar-refractivity contribution in [3.63, 3.8) is 0 Å². The van der Waals surface area contributed by atoms with Crippen molar-refractivity contribution in [3.05, 3.63) is 35.2 Å². The molecule has 0 spiro atoms. The van der Waals surface area contributed by atoms with Gasteiger partial charge in [0, 0.05) is 17.9 Å². The van der Waals surface area contributed by atoms with E-state index >= 15 is 0 Å². The number of aromatic nitrogens is 1. The van der Waals surface area contributed by atoms with Gasteiger partial charge in [-0.2, -0.15) is 0 Å². The summed E-state index contributed by atoms with van der Waals surface area (Å²) in [6, 6.07) is 7.40. The first-order chi connectivity index (χ1) is 10.9. The monoisotopic (exact) mass is 331 g/mol. The van der Waals surface area contributed by atoms with Crippen LogP contribution in [0.4, 0.5) is 5.13 Å². The highest BCUT2D eigenvalue weighted by Crippen LogP contribution is 2.27. The average Bonchev–Trinajstić information content (AvgIpc) is 2.93. The lowest BCUT2D eigenvalue weighted by molar-refractivity contribution is -0.126. The SMILES string of the molecule is CC(=O)NC(C(=O)Nc1nc(-c2ccccc2C)cs1)C(C)C. The minimum atomic E-state index is -0.571. The van der Waals surface area contributed by atoms with Crippen molar-refractivity contribution in [2.75, 3.05) is 5.32 Å². The number of rotatable bonds is 5.